The van der Waals surface area contributed by atoms with E-state index < -0.39 is 20.9 Å². The Bertz CT molecular complexity index is 740. The van der Waals surface area contributed by atoms with E-state index in [1.165, 1.54) is 24.3 Å². The van der Waals surface area contributed by atoms with E-state index in [1.54, 1.807) is 0 Å². The molecule has 0 aliphatic heterocycles. The summed E-state index contributed by atoms with van der Waals surface area (Å²) in [6.07, 6.45) is 1.15. The molecule has 0 atom stereocenters. The molecule has 0 aliphatic carbocycles. The highest BCUT2D eigenvalue weighted by Gasteiger charge is 2.16. The number of nitrogens with one attached hydrogen (secondary N) is 1. The van der Waals surface area contributed by atoms with Gasteiger partial charge in [0.05, 0.1) is 0 Å². The van der Waals surface area contributed by atoms with Gasteiger partial charge in [0, 0.05) is 24.8 Å². The molecule has 1 aromatic carbocycles. The molecule has 0 spiro atoms. The molecule has 2 aromatic rings. The van der Waals surface area contributed by atoms with Gasteiger partial charge in [-0.15, -0.1) is 5.10 Å². The first-order valence-electron chi connectivity index (χ1n) is 5.92. The number of amides is 1. The van der Waals surface area contributed by atoms with Crippen LogP contribution < -0.4 is 5.32 Å². The molecule has 1 N–H and O–H groups in total. The van der Waals surface area contributed by atoms with Gasteiger partial charge in [0.15, 0.2) is 0 Å². The molecular formula is C12H12FN3O4S. The van der Waals surface area contributed by atoms with Crippen molar-refractivity contribution in [2.45, 2.75) is 11.6 Å². The van der Waals surface area contributed by atoms with E-state index in [0.717, 1.165) is 6.26 Å². The van der Waals surface area contributed by atoms with Crippen molar-refractivity contribution >= 4 is 15.7 Å². The van der Waals surface area contributed by atoms with Crippen molar-refractivity contribution < 1.29 is 22.0 Å². The fraction of sp³-hybridized carbons (Fsp3) is 0.250. The maximum absolute atomic E-state index is 12.7. The van der Waals surface area contributed by atoms with Crippen LogP contribution in [0, 0.1) is 5.82 Å². The monoisotopic (exact) mass is 313 g/mol. The van der Waals surface area contributed by atoms with Crippen LogP contribution in [-0.2, 0) is 16.3 Å². The number of nitrogens with zero attached hydrogens (tertiary/aromatic N) is 2. The number of rotatable bonds is 5. The van der Waals surface area contributed by atoms with Crippen molar-refractivity contribution in [3.63, 3.8) is 0 Å². The first kappa shape index (κ1) is 15.1. The van der Waals surface area contributed by atoms with Crippen molar-refractivity contribution in [1.29, 1.82) is 0 Å². The van der Waals surface area contributed by atoms with Gasteiger partial charge in [0.25, 0.3) is 5.91 Å². The third kappa shape index (κ3) is 4.09. The van der Waals surface area contributed by atoms with Crippen molar-refractivity contribution in [3.8, 4) is 0 Å². The average molecular weight is 313 g/mol. The summed E-state index contributed by atoms with van der Waals surface area (Å²) in [7, 11) is -3.53. The van der Waals surface area contributed by atoms with E-state index in [9.17, 15) is 17.6 Å². The number of carbonyl (C=O) groups excluding carboxylic acids is 1. The Hall–Kier alpha value is -2.29. The minimum Gasteiger partial charge on any atom is -0.412 e. The van der Waals surface area contributed by atoms with Crippen LogP contribution in [0.1, 0.15) is 16.2 Å². The van der Waals surface area contributed by atoms with Gasteiger partial charge in [-0.3, -0.25) is 4.79 Å². The SMILES string of the molecule is CS(=O)(=O)c1nnc(CCNC(=O)c2ccc(F)cc2)o1. The van der Waals surface area contributed by atoms with E-state index in [0.29, 0.717) is 5.56 Å². The van der Waals surface area contributed by atoms with Crippen LogP contribution in [0.2, 0.25) is 0 Å². The number of sulfone groups is 1. The molecule has 7 nitrogen and oxygen atoms in total. The van der Waals surface area contributed by atoms with Crippen LogP contribution >= 0.6 is 0 Å². The molecule has 1 amide bonds. The molecule has 112 valence electrons. The largest absolute Gasteiger partial charge is 0.412 e. The number of hydrogen-bond donors (Lipinski definition) is 1. The first-order chi connectivity index (χ1) is 9.86. The smallest absolute Gasteiger partial charge is 0.335 e. The van der Waals surface area contributed by atoms with Crippen molar-refractivity contribution in [3.05, 3.63) is 41.5 Å². The van der Waals surface area contributed by atoms with Gasteiger partial charge in [0.1, 0.15) is 5.82 Å². The zero-order chi connectivity index (χ0) is 15.5. The molecule has 1 aromatic heterocycles. The predicted octanol–water partition coefficient (Wildman–Crippen LogP) is 0.585. The number of carbonyl (C=O) groups is 1. The van der Waals surface area contributed by atoms with E-state index in [1.807, 2.05) is 0 Å². The van der Waals surface area contributed by atoms with E-state index >= 15 is 0 Å². The summed E-state index contributed by atoms with van der Waals surface area (Å²) >= 11 is 0. The summed E-state index contributed by atoms with van der Waals surface area (Å²) in [6.45, 7) is 0.182. The standard InChI is InChI=1S/C12H12FN3O4S/c1-21(18,19)12-16-15-10(20-12)6-7-14-11(17)8-2-4-9(13)5-3-8/h2-5H,6-7H2,1H3,(H,14,17). The summed E-state index contributed by atoms with van der Waals surface area (Å²) in [5, 5.41) is 9.08. The molecule has 0 aliphatic rings. The average Bonchev–Trinajstić information content (AvgIpc) is 2.88. The van der Waals surface area contributed by atoms with Crippen molar-refractivity contribution in [2.24, 2.45) is 0 Å². The summed E-state index contributed by atoms with van der Waals surface area (Å²) in [4.78, 5) is 11.7. The lowest BCUT2D eigenvalue weighted by molar-refractivity contribution is 0.0953. The highest BCUT2D eigenvalue weighted by Crippen LogP contribution is 2.07. The predicted molar refractivity (Wildman–Crippen MR) is 69.8 cm³/mol. The third-order valence-corrected chi connectivity index (χ3v) is 3.30. The number of aromatic nitrogens is 2. The molecule has 0 saturated heterocycles. The van der Waals surface area contributed by atoms with E-state index in [-0.39, 0.29) is 24.8 Å². The van der Waals surface area contributed by atoms with Crippen LogP contribution in [0.3, 0.4) is 0 Å². The second-order valence-corrected chi connectivity index (χ2v) is 6.14. The highest BCUT2D eigenvalue weighted by molar-refractivity contribution is 7.90. The minimum absolute atomic E-state index is 0.106. The van der Waals surface area contributed by atoms with Gasteiger partial charge in [0.2, 0.25) is 15.7 Å². The maximum Gasteiger partial charge on any atom is 0.335 e. The molecule has 2 rings (SSSR count). The number of hydrogen-bond acceptors (Lipinski definition) is 6. The fourth-order valence-electron chi connectivity index (χ4n) is 1.48. The molecule has 0 bridgehead atoms. The summed E-state index contributed by atoms with van der Waals surface area (Å²) < 4.78 is 39.9. The topological polar surface area (TPSA) is 102 Å². The number of halogens is 1. The zero-order valence-electron chi connectivity index (χ0n) is 11.0. The van der Waals surface area contributed by atoms with Gasteiger partial charge in [-0.05, 0) is 24.3 Å². The fourth-order valence-corrected chi connectivity index (χ4v) is 1.91. The lowest BCUT2D eigenvalue weighted by Crippen LogP contribution is -2.25. The van der Waals surface area contributed by atoms with E-state index in [4.69, 9.17) is 4.42 Å². The van der Waals surface area contributed by atoms with Gasteiger partial charge in [-0.2, -0.15) is 0 Å². The second-order valence-electron chi connectivity index (χ2n) is 4.25. The van der Waals surface area contributed by atoms with Gasteiger partial charge >= 0.3 is 5.22 Å². The van der Waals surface area contributed by atoms with Gasteiger partial charge < -0.3 is 9.73 Å². The Balaban J connectivity index is 1.88. The Kier molecular flexibility index (Phi) is 4.32. The molecule has 21 heavy (non-hydrogen) atoms. The summed E-state index contributed by atoms with van der Waals surface area (Å²) in [5.74, 6) is -0.696. The molecule has 9 heteroatoms. The Labute approximate surface area is 120 Å². The molecule has 0 radical (unpaired) electrons. The maximum atomic E-state index is 12.7. The minimum atomic E-state index is -3.53. The molecule has 0 fully saturated rings. The van der Waals surface area contributed by atoms with Crippen LogP contribution in [0.4, 0.5) is 4.39 Å². The molecule has 0 saturated carbocycles. The molecule has 1 heterocycles. The lowest BCUT2D eigenvalue weighted by atomic mass is 10.2. The van der Waals surface area contributed by atoms with Gasteiger partial charge in [-0.25, -0.2) is 12.8 Å². The number of benzene rings is 1. The lowest BCUT2D eigenvalue weighted by Gasteiger charge is -2.03. The van der Waals surface area contributed by atoms with Crippen LogP contribution in [0.25, 0.3) is 0 Å². The second kappa shape index (κ2) is 6.00. The van der Waals surface area contributed by atoms with E-state index in [2.05, 4.69) is 15.5 Å². The molecular weight excluding hydrogens is 301 g/mol. The van der Waals surface area contributed by atoms with Crippen molar-refractivity contribution in [1.82, 2.24) is 15.5 Å². The van der Waals surface area contributed by atoms with Crippen LogP contribution in [0.15, 0.2) is 33.9 Å². The Morgan fingerprint density at radius 1 is 1.29 bits per heavy atom. The van der Waals surface area contributed by atoms with Crippen LogP contribution in [-0.4, -0.2) is 37.3 Å². The van der Waals surface area contributed by atoms with Crippen molar-refractivity contribution in [2.75, 3.05) is 12.8 Å². The Morgan fingerprint density at radius 2 is 1.95 bits per heavy atom. The third-order valence-electron chi connectivity index (χ3n) is 2.50. The summed E-state index contributed by atoms with van der Waals surface area (Å²) in [6, 6.07) is 5.09. The zero-order valence-corrected chi connectivity index (χ0v) is 11.9. The Morgan fingerprint density at radius 3 is 2.52 bits per heavy atom. The summed E-state index contributed by atoms with van der Waals surface area (Å²) in [5.41, 5.74) is 0.318. The van der Waals surface area contributed by atoms with Crippen LogP contribution in [0.5, 0.6) is 0 Å². The highest BCUT2D eigenvalue weighted by atomic mass is 32.2. The quantitative estimate of drug-likeness (QED) is 0.866. The molecule has 0 unspecified atom stereocenters. The first-order valence-corrected chi connectivity index (χ1v) is 7.81. The van der Waals surface area contributed by atoms with Gasteiger partial charge in [-0.1, -0.05) is 5.10 Å². The normalized spacial score (nSPS) is 11.3.